The molecule has 0 saturated carbocycles. The molecule has 3 rings (SSSR count). The van der Waals surface area contributed by atoms with E-state index in [1.165, 1.54) is 0 Å². The van der Waals surface area contributed by atoms with Crippen molar-refractivity contribution in [3.63, 3.8) is 0 Å². The Bertz CT molecular complexity index is 826. The topological polar surface area (TPSA) is 98.0 Å². The van der Waals surface area contributed by atoms with Crippen LogP contribution in [0.4, 0.5) is 5.69 Å². The summed E-state index contributed by atoms with van der Waals surface area (Å²) in [4.78, 5) is 15.5. The van der Waals surface area contributed by atoms with Gasteiger partial charge in [0, 0.05) is 37.3 Å². The molecule has 1 amide bonds. The van der Waals surface area contributed by atoms with Crippen LogP contribution in [0.1, 0.15) is 22.3 Å². The van der Waals surface area contributed by atoms with Gasteiger partial charge in [0.2, 0.25) is 5.91 Å². The summed E-state index contributed by atoms with van der Waals surface area (Å²) in [7, 11) is 1.69. The van der Waals surface area contributed by atoms with E-state index >= 15 is 0 Å². The number of nitrogens with one attached hydrogen (secondary N) is 2. The Morgan fingerprint density at radius 2 is 1.93 bits per heavy atom. The molecule has 0 aliphatic carbocycles. The molecule has 8 heteroatoms. The Morgan fingerprint density at radius 3 is 2.67 bits per heavy atom. The minimum atomic E-state index is -0.443. The van der Waals surface area contributed by atoms with Crippen LogP contribution in [-0.4, -0.2) is 32.1 Å². The molecular formula is C19H23IN4O3. The Labute approximate surface area is 175 Å². The zero-order chi connectivity index (χ0) is 18.4. The number of primary amides is 1. The maximum absolute atomic E-state index is 11.3. The second-order valence-corrected chi connectivity index (χ2v) is 5.83. The van der Waals surface area contributed by atoms with Crippen molar-refractivity contribution in [2.45, 2.75) is 13.0 Å². The van der Waals surface area contributed by atoms with Crippen molar-refractivity contribution in [2.24, 2.45) is 10.7 Å². The third kappa shape index (κ3) is 5.75. The van der Waals surface area contributed by atoms with E-state index in [0.29, 0.717) is 31.3 Å². The minimum Gasteiger partial charge on any atom is -0.490 e. The van der Waals surface area contributed by atoms with Gasteiger partial charge in [0.15, 0.2) is 17.5 Å². The lowest BCUT2D eigenvalue weighted by atomic mass is 10.1. The number of hydrogen-bond donors (Lipinski definition) is 3. The number of guanidine groups is 1. The lowest BCUT2D eigenvalue weighted by Gasteiger charge is -2.14. The Kier molecular flexibility index (Phi) is 7.71. The number of ether oxygens (including phenoxy) is 2. The van der Waals surface area contributed by atoms with Gasteiger partial charge in [-0.3, -0.25) is 9.79 Å². The van der Waals surface area contributed by atoms with E-state index in [0.717, 1.165) is 29.2 Å². The first-order valence-corrected chi connectivity index (χ1v) is 8.42. The fourth-order valence-electron chi connectivity index (χ4n) is 2.58. The first-order chi connectivity index (χ1) is 12.7. The van der Waals surface area contributed by atoms with Crippen LogP contribution in [0, 0.1) is 0 Å². The number of nitrogens with zero attached hydrogens (tertiary/aromatic N) is 1. The average Bonchev–Trinajstić information content (AvgIpc) is 2.90. The zero-order valence-corrected chi connectivity index (χ0v) is 17.4. The van der Waals surface area contributed by atoms with Crippen molar-refractivity contribution < 1.29 is 14.3 Å². The van der Waals surface area contributed by atoms with E-state index in [2.05, 4.69) is 15.6 Å². The van der Waals surface area contributed by atoms with Gasteiger partial charge in [0.25, 0.3) is 0 Å². The van der Waals surface area contributed by atoms with Crippen LogP contribution in [0.25, 0.3) is 0 Å². The summed E-state index contributed by atoms with van der Waals surface area (Å²) in [5.41, 5.74) is 7.57. The highest BCUT2D eigenvalue weighted by molar-refractivity contribution is 14.0. The highest BCUT2D eigenvalue weighted by Crippen LogP contribution is 2.32. The lowest BCUT2D eigenvalue weighted by molar-refractivity contribution is 0.1000. The number of carbonyl (C=O) groups excluding carboxylic acids is 1. The van der Waals surface area contributed by atoms with Crippen molar-refractivity contribution in [3.8, 4) is 11.5 Å². The molecule has 27 heavy (non-hydrogen) atoms. The van der Waals surface area contributed by atoms with Gasteiger partial charge in [0.05, 0.1) is 13.2 Å². The molecule has 2 aromatic carbocycles. The second kappa shape index (κ2) is 10.0. The summed E-state index contributed by atoms with van der Waals surface area (Å²) in [6.45, 7) is 1.80. The molecule has 0 saturated heterocycles. The highest BCUT2D eigenvalue weighted by atomic mass is 127. The number of hydrogen-bond acceptors (Lipinski definition) is 4. The number of rotatable bonds is 4. The summed E-state index contributed by atoms with van der Waals surface area (Å²) in [5.74, 6) is 1.63. The van der Waals surface area contributed by atoms with Crippen molar-refractivity contribution >= 4 is 41.5 Å². The molecule has 1 aliphatic rings. The van der Waals surface area contributed by atoms with Gasteiger partial charge >= 0.3 is 0 Å². The molecular weight excluding hydrogens is 459 g/mol. The third-order valence-electron chi connectivity index (χ3n) is 3.91. The number of benzene rings is 2. The molecule has 2 aromatic rings. The Hall–Kier alpha value is -2.49. The molecule has 1 aliphatic heterocycles. The summed E-state index contributed by atoms with van der Waals surface area (Å²) < 4.78 is 11.3. The lowest BCUT2D eigenvalue weighted by Crippen LogP contribution is -2.30. The first kappa shape index (κ1) is 20.8. The predicted octanol–water partition coefficient (Wildman–Crippen LogP) is 2.75. The highest BCUT2D eigenvalue weighted by Gasteiger charge is 2.11. The number of carbonyl (C=O) groups is 1. The third-order valence-corrected chi connectivity index (χ3v) is 3.91. The quantitative estimate of drug-likeness (QED) is 0.354. The van der Waals surface area contributed by atoms with E-state index in [4.69, 9.17) is 15.2 Å². The van der Waals surface area contributed by atoms with Crippen molar-refractivity contribution in [2.75, 3.05) is 25.6 Å². The maximum atomic E-state index is 11.3. The van der Waals surface area contributed by atoms with E-state index in [9.17, 15) is 4.79 Å². The molecule has 144 valence electrons. The normalized spacial score (nSPS) is 13.1. The van der Waals surface area contributed by atoms with E-state index in [1.807, 2.05) is 24.3 Å². The number of anilines is 1. The summed E-state index contributed by atoms with van der Waals surface area (Å²) in [5, 5.41) is 6.43. The number of fused-ring (bicyclic) bond motifs is 1. The van der Waals surface area contributed by atoms with Crippen molar-refractivity contribution in [1.82, 2.24) is 5.32 Å². The van der Waals surface area contributed by atoms with E-state index in [1.54, 1.807) is 25.2 Å². The van der Waals surface area contributed by atoms with Crippen molar-refractivity contribution in [3.05, 3.63) is 53.6 Å². The number of nitrogens with two attached hydrogens (primary N) is 1. The van der Waals surface area contributed by atoms with Crippen LogP contribution in [0.3, 0.4) is 0 Å². The Morgan fingerprint density at radius 1 is 1.15 bits per heavy atom. The summed E-state index contributed by atoms with van der Waals surface area (Å²) >= 11 is 0. The van der Waals surface area contributed by atoms with Crippen LogP contribution < -0.4 is 25.8 Å². The molecule has 7 nitrogen and oxygen atoms in total. The second-order valence-electron chi connectivity index (χ2n) is 5.83. The van der Waals surface area contributed by atoms with Gasteiger partial charge in [-0.05, 0) is 29.8 Å². The molecule has 0 bridgehead atoms. The summed E-state index contributed by atoms with van der Waals surface area (Å²) in [6.07, 6.45) is 0.866. The van der Waals surface area contributed by atoms with Crippen molar-refractivity contribution in [1.29, 1.82) is 0 Å². The van der Waals surface area contributed by atoms with Gasteiger partial charge in [-0.15, -0.1) is 24.0 Å². The number of halogens is 1. The van der Waals surface area contributed by atoms with E-state index < -0.39 is 5.91 Å². The SMILES string of the molecule is CN=C(NCc1cccc(C(N)=O)c1)Nc1ccc2c(c1)OCCCO2.I. The fourth-order valence-corrected chi connectivity index (χ4v) is 2.58. The van der Waals surface area contributed by atoms with Gasteiger partial charge < -0.3 is 25.8 Å². The van der Waals surface area contributed by atoms with Crippen LogP contribution in [-0.2, 0) is 6.54 Å². The molecule has 0 unspecified atom stereocenters. The first-order valence-electron chi connectivity index (χ1n) is 8.42. The standard InChI is InChI=1S/C19H22N4O3.HI/c1-21-19(22-12-13-4-2-5-14(10-13)18(20)24)23-15-6-7-16-17(11-15)26-9-3-8-25-16;/h2,4-7,10-11H,3,8-9,12H2,1H3,(H2,20,24)(H2,21,22,23);1H. The molecule has 0 radical (unpaired) electrons. The fraction of sp³-hybridized carbons (Fsp3) is 0.263. The molecule has 0 atom stereocenters. The average molecular weight is 482 g/mol. The summed E-state index contributed by atoms with van der Waals surface area (Å²) in [6, 6.07) is 12.9. The van der Waals surface area contributed by atoms with Crippen LogP contribution >= 0.6 is 24.0 Å². The minimum absolute atomic E-state index is 0. The smallest absolute Gasteiger partial charge is 0.248 e. The maximum Gasteiger partial charge on any atom is 0.248 e. The molecule has 0 aromatic heterocycles. The Balaban J connectivity index is 0.00000261. The van der Waals surface area contributed by atoms with Gasteiger partial charge in [-0.2, -0.15) is 0 Å². The molecule has 0 fully saturated rings. The predicted molar refractivity (Wildman–Crippen MR) is 116 cm³/mol. The van der Waals surface area contributed by atoms with E-state index in [-0.39, 0.29) is 24.0 Å². The molecule has 4 N–H and O–H groups in total. The zero-order valence-electron chi connectivity index (χ0n) is 15.0. The van der Waals surface area contributed by atoms with Gasteiger partial charge in [-0.1, -0.05) is 12.1 Å². The molecule has 0 spiro atoms. The molecule has 1 heterocycles. The number of aliphatic imine (C=N–C) groups is 1. The van der Waals surface area contributed by atoms with Crippen LogP contribution in [0.5, 0.6) is 11.5 Å². The van der Waals surface area contributed by atoms with Crippen LogP contribution in [0.2, 0.25) is 0 Å². The van der Waals surface area contributed by atoms with Gasteiger partial charge in [-0.25, -0.2) is 0 Å². The van der Waals surface area contributed by atoms with Gasteiger partial charge in [0.1, 0.15) is 0 Å². The number of amides is 1. The largest absolute Gasteiger partial charge is 0.490 e. The van der Waals surface area contributed by atoms with Crippen LogP contribution in [0.15, 0.2) is 47.5 Å². The monoisotopic (exact) mass is 482 g/mol.